The van der Waals surface area contributed by atoms with Crippen LogP contribution in [-0.2, 0) is 0 Å². The molecule has 0 amide bonds. The molecule has 82 valence electrons. The average molecular weight is 211 g/mol. The maximum Gasteiger partial charge on any atom is 0.0348 e. The fourth-order valence-corrected chi connectivity index (χ4v) is 1.75. The van der Waals surface area contributed by atoms with Gasteiger partial charge in [0.25, 0.3) is 0 Å². The Morgan fingerprint density at radius 2 is 1.50 bits per heavy atom. The van der Waals surface area contributed by atoms with Crippen molar-refractivity contribution in [2.75, 3.05) is 5.32 Å². The Morgan fingerprint density at radius 3 is 2.19 bits per heavy atom. The van der Waals surface area contributed by atoms with Crippen LogP contribution in [-0.4, -0.2) is 6.04 Å². The van der Waals surface area contributed by atoms with Gasteiger partial charge in [-0.1, -0.05) is 42.5 Å². The van der Waals surface area contributed by atoms with Crippen LogP contribution in [0.1, 0.15) is 13.8 Å². The molecule has 0 aliphatic rings. The van der Waals surface area contributed by atoms with Gasteiger partial charge >= 0.3 is 0 Å². The van der Waals surface area contributed by atoms with E-state index >= 15 is 0 Å². The van der Waals surface area contributed by atoms with Crippen LogP contribution in [0.15, 0.2) is 54.6 Å². The predicted molar refractivity (Wildman–Crippen MR) is 70.6 cm³/mol. The summed E-state index contributed by atoms with van der Waals surface area (Å²) in [6.45, 7) is 4.30. The van der Waals surface area contributed by atoms with E-state index in [9.17, 15) is 0 Å². The van der Waals surface area contributed by atoms with Gasteiger partial charge in [-0.15, -0.1) is 0 Å². The second-order valence-corrected chi connectivity index (χ2v) is 4.25. The molecule has 2 aromatic rings. The molecule has 0 saturated carbocycles. The molecule has 16 heavy (non-hydrogen) atoms. The van der Waals surface area contributed by atoms with Gasteiger partial charge in [-0.05, 0) is 37.1 Å². The summed E-state index contributed by atoms with van der Waals surface area (Å²) >= 11 is 0. The van der Waals surface area contributed by atoms with Crippen LogP contribution < -0.4 is 5.32 Å². The molecule has 0 unspecified atom stereocenters. The number of rotatable bonds is 3. The first-order chi connectivity index (χ1) is 7.75. The van der Waals surface area contributed by atoms with Crippen LogP contribution in [0.2, 0.25) is 0 Å². The highest BCUT2D eigenvalue weighted by Gasteiger charge is 1.99. The van der Waals surface area contributed by atoms with E-state index in [0.29, 0.717) is 6.04 Å². The van der Waals surface area contributed by atoms with Crippen LogP contribution in [0.5, 0.6) is 0 Å². The van der Waals surface area contributed by atoms with E-state index in [4.69, 9.17) is 0 Å². The fourth-order valence-electron chi connectivity index (χ4n) is 1.75. The summed E-state index contributed by atoms with van der Waals surface area (Å²) < 4.78 is 0. The molecule has 1 N–H and O–H groups in total. The summed E-state index contributed by atoms with van der Waals surface area (Å²) in [7, 11) is 0. The molecule has 2 rings (SSSR count). The summed E-state index contributed by atoms with van der Waals surface area (Å²) in [6.07, 6.45) is 0. The molecule has 1 nitrogen and oxygen atoms in total. The van der Waals surface area contributed by atoms with Gasteiger partial charge in [0.2, 0.25) is 0 Å². The van der Waals surface area contributed by atoms with Crippen LogP contribution in [0.3, 0.4) is 0 Å². The molecule has 0 bridgehead atoms. The minimum Gasteiger partial charge on any atom is -0.383 e. The zero-order chi connectivity index (χ0) is 11.4. The van der Waals surface area contributed by atoms with E-state index in [1.54, 1.807) is 0 Å². The summed E-state index contributed by atoms with van der Waals surface area (Å²) in [6, 6.07) is 19.4. The Balaban J connectivity index is 2.29. The smallest absolute Gasteiger partial charge is 0.0348 e. The number of benzene rings is 2. The van der Waals surface area contributed by atoms with Gasteiger partial charge in [0, 0.05) is 11.7 Å². The van der Waals surface area contributed by atoms with Crippen molar-refractivity contribution < 1.29 is 0 Å². The third-order valence-electron chi connectivity index (χ3n) is 2.43. The molecule has 0 saturated heterocycles. The quantitative estimate of drug-likeness (QED) is 0.803. The van der Waals surface area contributed by atoms with Crippen molar-refractivity contribution >= 4 is 5.69 Å². The summed E-state index contributed by atoms with van der Waals surface area (Å²) in [5, 5.41) is 3.41. The van der Waals surface area contributed by atoms with Gasteiger partial charge in [-0.2, -0.15) is 0 Å². The minimum absolute atomic E-state index is 0.464. The van der Waals surface area contributed by atoms with Crippen molar-refractivity contribution in [2.24, 2.45) is 0 Å². The monoisotopic (exact) mass is 211 g/mol. The average Bonchev–Trinajstić information content (AvgIpc) is 2.30. The summed E-state index contributed by atoms with van der Waals surface area (Å²) in [5.74, 6) is 0. The lowest BCUT2D eigenvalue weighted by atomic mass is 10.1. The van der Waals surface area contributed by atoms with Gasteiger partial charge in [0.1, 0.15) is 0 Å². The van der Waals surface area contributed by atoms with E-state index in [0.717, 1.165) is 0 Å². The van der Waals surface area contributed by atoms with Crippen molar-refractivity contribution in [3.8, 4) is 11.1 Å². The Kier molecular flexibility index (Phi) is 3.25. The number of hydrogen-bond donors (Lipinski definition) is 1. The normalized spacial score (nSPS) is 10.4. The first-order valence-corrected chi connectivity index (χ1v) is 5.68. The minimum atomic E-state index is 0.464. The van der Waals surface area contributed by atoms with Crippen molar-refractivity contribution in [3.63, 3.8) is 0 Å². The largest absolute Gasteiger partial charge is 0.383 e. The lowest BCUT2D eigenvalue weighted by molar-refractivity contribution is 0.900. The highest BCUT2D eigenvalue weighted by atomic mass is 14.9. The zero-order valence-electron chi connectivity index (χ0n) is 9.77. The molecule has 0 aromatic heterocycles. The lowest BCUT2D eigenvalue weighted by Crippen LogP contribution is -2.09. The van der Waals surface area contributed by atoms with E-state index in [1.165, 1.54) is 16.8 Å². The first-order valence-electron chi connectivity index (χ1n) is 5.68. The second-order valence-electron chi connectivity index (χ2n) is 4.25. The molecule has 0 aliphatic heterocycles. The maximum absolute atomic E-state index is 3.41. The van der Waals surface area contributed by atoms with Crippen molar-refractivity contribution in [2.45, 2.75) is 19.9 Å². The molecule has 0 aliphatic carbocycles. The molecule has 0 fully saturated rings. The highest BCUT2D eigenvalue weighted by Crippen LogP contribution is 2.22. The number of nitrogens with one attached hydrogen (secondary N) is 1. The molecule has 0 heterocycles. The maximum atomic E-state index is 3.41. The lowest BCUT2D eigenvalue weighted by Gasteiger charge is -2.11. The van der Waals surface area contributed by atoms with Crippen LogP contribution in [0.4, 0.5) is 5.69 Å². The molecule has 0 spiro atoms. The highest BCUT2D eigenvalue weighted by molar-refractivity contribution is 5.68. The zero-order valence-corrected chi connectivity index (χ0v) is 9.77. The van der Waals surface area contributed by atoms with Gasteiger partial charge in [0.05, 0.1) is 0 Å². The Morgan fingerprint density at radius 1 is 0.812 bits per heavy atom. The molecular weight excluding hydrogens is 194 g/mol. The second kappa shape index (κ2) is 4.84. The fraction of sp³-hybridized carbons (Fsp3) is 0.200. The number of anilines is 1. The summed E-state index contributed by atoms with van der Waals surface area (Å²) in [5.41, 5.74) is 3.69. The Bertz CT molecular complexity index is 446. The van der Waals surface area contributed by atoms with Crippen LogP contribution >= 0.6 is 0 Å². The first kappa shape index (κ1) is 10.7. The van der Waals surface area contributed by atoms with Gasteiger partial charge in [-0.25, -0.2) is 0 Å². The third kappa shape index (κ3) is 2.63. The topological polar surface area (TPSA) is 12.0 Å². The third-order valence-corrected chi connectivity index (χ3v) is 2.43. The van der Waals surface area contributed by atoms with Crippen molar-refractivity contribution in [3.05, 3.63) is 54.6 Å². The number of hydrogen-bond acceptors (Lipinski definition) is 1. The van der Waals surface area contributed by atoms with E-state index < -0.39 is 0 Å². The molecule has 2 aromatic carbocycles. The van der Waals surface area contributed by atoms with E-state index in [2.05, 4.69) is 67.7 Å². The predicted octanol–water partition coefficient (Wildman–Crippen LogP) is 4.17. The van der Waals surface area contributed by atoms with Gasteiger partial charge in [-0.3, -0.25) is 0 Å². The van der Waals surface area contributed by atoms with Crippen LogP contribution in [0.25, 0.3) is 11.1 Å². The van der Waals surface area contributed by atoms with E-state index in [1.807, 2.05) is 6.07 Å². The van der Waals surface area contributed by atoms with Crippen LogP contribution in [0, 0.1) is 0 Å². The SMILES string of the molecule is CC(C)Nc1cccc(-c2ccccc2)c1. The van der Waals surface area contributed by atoms with Gasteiger partial charge in [0.15, 0.2) is 0 Å². The Labute approximate surface area is 97.1 Å². The Hall–Kier alpha value is -1.76. The van der Waals surface area contributed by atoms with Gasteiger partial charge < -0.3 is 5.32 Å². The van der Waals surface area contributed by atoms with Crippen molar-refractivity contribution in [1.82, 2.24) is 0 Å². The standard InChI is InChI=1S/C15H17N/c1-12(2)16-15-10-6-9-14(11-15)13-7-4-3-5-8-13/h3-12,16H,1-2H3. The molecule has 0 radical (unpaired) electrons. The van der Waals surface area contributed by atoms with Crippen molar-refractivity contribution in [1.29, 1.82) is 0 Å². The molecular formula is C15H17N. The summed E-state index contributed by atoms with van der Waals surface area (Å²) in [4.78, 5) is 0. The molecule has 1 heteroatoms. The molecule has 0 atom stereocenters. The van der Waals surface area contributed by atoms with E-state index in [-0.39, 0.29) is 0 Å².